The van der Waals surface area contributed by atoms with E-state index in [0.717, 1.165) is 24.7 Å². The van der Waals surface area contributed by atoms with Crippen molar-refractivity contribution in [3.05, 3.63) is 23.8 Å². The SMILES string of the molecule is CCC1CCN(c2ccc(N)c(C(=O)O)c2)C1. The number of hydrogen-bond donors (Lipinski definition) is 2. The molecule has 2 rings (SSSR count). The highest BCUT2D eigenvalue weighted by Gasteiger charge is 2.22. The minimum Gasteiger partial charge on any atom is -0.478 e. The van der Waals surface area contributed by atoms with E-state index in [1.807, 2.05) is 6.07 Å². The number of carboxylic acids is 1. The zero-order chi connectivity index (χ0) is 12.4. The Morgan fingerprint density at radius 2 is 2.35 bits per heavy atom. The lowest BCUT2D eigenvalue weighted by molar-refractivity contribution is 0.0698. The van der Waals surface area contributed by atoms with Crippen LogP contribution in [0.5, 0.6) is 0 Å². The first-order chi connectivity index (χ1) is 8.11. The Kier molecular flexibility index (Phi) is 3.22. The molecule has 0 spiro atoms. The number of nitrogens with zero attached hydrogens (tertiary/aromatic N) is 1. The van der Waals surface area contributed by atoms with Crippen molar-refractivity contribution in [2.45, 2.75) is 19.8 Å². The lowest BCUT2D eigenvalue weighted by atomic mass is 10.1. The van der Waals surface area contributed by atoms with E-state index in [0.29, 0.717) is 5.69 Å². The van der Waals surface area contributed by atoms with Gasteiger partial charge in [0.05, 0.1) is 5.56 Å². The first-order valence-electron chi connectivity index (χ1n) is 5.99. The molecule has 0 radical (unpaired) electrons. The number of benzene rings is 1. The van der Waals surface area contributed by atoms with Crippen molar-refractivity contribution in [3.63, 3.8) is 0 Å². The maximum absolute atomic E-state index is 11.0. The first kappa shape index (κ1) is 11.8. The molecule has 1 atom stereocenters. The third-order valence-electron chi connectivity index (χ3n) is 3.50. The molecule has 3 N–H and O–H groups in total. The monoisotopic (exact) mass is 234 g/mol. The van der Waals surface area contributed by atoms with E-state index >= 15 is 0 Å². The molecule has 0 bridgehead atoms. The molecular weight excluding hydrogens is 216 g/mol. The minimum atomic E-state index is -0.962. The number of carboxylic acid groups (broad SMARTS) is 1. The molecule has 4 nitrogen and oxygen atoms in total. The van der Waals surface area contributed by atoms with Crippen LogP contribution in [0, 0.1) is 5.92 Å². The standard InChI is InChI=1S/C13H18N2O2/c1-2-9-5-6-15(8-9)10-3-4-12(14)11(7-10)13(16)17/h3-4,7,9H,2,5-6,8,14H2,1H3,(H,16,17). The maximum Gasteiger partial charge on any atom is 0.337 e. The molecule has 4 heteroatoms. The van der Waals surface area contributed by atoms with Gasteiger partial charge >= 0.3 is 5.97 Å². The molecular formula is C13H18N2O2. The van der Waals surface area contributed by atoms with Gasteiger partial charge in [-0.15, -0.1) is 0 Å². The molecule has 1 aliphatic rings. The van der Waals surface area contributed by atoms with E-state index in [4.69, 9.17) is 10.8 Å². The number of carbonyl (C=O) groups is 1. The number of nitrogen functional groups attached to an aromatic ring is 1. The number of hydrogen-bond acceptors (Lipinski definition) is 3. The average molecular weight is 234 g/mol. The Balaban J connectivity index is 2.22. The third kappa shape index (κ3) is 2.35. The van der Waals surface area contributed by atoms with Crippen molar-refractivity contribution < 1.29 is 9.90 Å². The summed E-state index contributed by atoms with van der Waals surface area (Å²) in [6.07, 6.45) is 2.36. The van der Waals surface area contributed by atoms with Crippen LogP contribution in [0.15, 0.2) is 18.2 Å². The Morgan fingerprint density at radius 3 is 2.94 bits per heavy atom. The van der Waals surface area contributed by atoms with Crippen molar-refractivity contribution >= 4 is 17.3 Å². The quantitative estimate of drug-likeness (QED) is 0.787. The van der Waals surface area contributed by atoms with Crippen LogP contribution in [0.2, 0.25) is 0 Å². The predicted octanol–water partition coefficient (Wildman–Crippen LogP) is 2.20. The van der Waals surface area contributed by atoms with Gasteiger partial charge in [-0.3, -0.25) is 0 Å². The van der Waals surface area contributed by atoms with Gasteiger partial charge in [0.1, 0.15) is 0 Å². The van der Waals surface area contributed by atoms with Crippen LogP contribution in [-0.4, -0.2) is 24.2 Å². The molecule has 1 aromatic rings. The fourth-order valence-corrected chi connectivity index (χ4v) is 2.33. The third-order valence-corrected chi connectivity index (χ3v) is 3.50. The minimum absolute atomic E-state index is 0.197. The molecule has 1 unspecified atom stereocenters. The second kappa shape index (κ2) is 4.65. The van der Waals surface area contributed by atoms with Crippen molar-refractivity contribution in [1.29, 1.82) is 0 Å². The predicted molar refractivity (Wildman–Crippen MR) is 68.4 cm³/mol. The summed E-state index contributed by atoms with van der Waals surface area (Å²) in [4.78, 5) is 13.2. The second-order valence-corrected chi connectivity index (χ2v) is 4.59. The Bertz CT molecular complexity index is 431. The molecule has 0 saturated carbocycles. The summed E-state index contributed by atoms with van der Waals surface area (Å²) in [6.45, 7) is 4.21. The molecule has 0 aliphatic carbocycles. The zero-order valence-corrected chi connectivity index (χ0v) is 10.0. The molecule has 1 aromatic carbocycles. The summed E-state index contributed by atoms with van der Waals surface area (Å²) in [5.41, 5.74) is 7.13. The molecule has 0 aromatic heterocycles. The van der Waals surface area contributed by atoms with Crippen molar-refractivity contribution in [2.24, 2.45) is 5.92 Å². The molecule has 1 saturated heterocycles. The van der Waals surface area contributed by atoms with Gasteiger partial charge in [0, 0.05) is 24.5 Å². The van der Waals surface area contributed by atoms with Crippen LogP contribution in [0.1, 0.15) is 30.1 Å². The number of rotatable bonds is 3. The van der Waals surface area contributed by atoms with Crippen molar-refractivity contribution in [3.8, 4) is 0 Å². The van der Waals surface area contributed by atoms with Crippen LogP contribution in [-0.2, 0) is 0 Å². The summed E-state index contributed by atoms with van der Waals surface area (Å²) in [6, 6.07) is 5.26. The molecule has 1 fully saturated rings. The van der Waals surface area contributed by atoms with Gasteiger partial charge in [0.15, 0.2) is 0 Å². The Labute approximate surface area is 101 Å². The topological polar surface area (TPSA) is 66.6 Å². The van der Waals surface area contributed by atoms with E-state index < -0.39 is 5.97 Å². The Morgan fingerprint density at radius 1 is 1.59 bits per heavy atom. The summed E-state index contributed by atoms with van der Waals surface area (Å²) < 4.78 is 0. The highest BCUT2D eigenvalue weighted by atomic mass is 16.4. The van der Waals surface area contributed by atoms with Crippen LogP contribution >= 0.6 is 0 Å². The number of anilines is 2. The van der Waals surface area contributed by atoms with Gasteiger partial charge in [0.2, 0.25) is 0 Å². The average Bonchev–Trinajstić information content (AvgIpc) is 2.78. The van der Waals surface area contributed by atoms with Gasteiger partial charge in [-0.2, -0.15) is 0 Å². The van der Waals surface area contributed by atoms with Gasteiger partial charge < -0.3 is 15.7 Å². The van der Waals surface area contributed by atoms with Gasteiger partial charge in [-0.05, 0) is 30.5 Å². The fourth-order valence-electron chi connectivity index (χ4n) is 2.33. The van der Waals surface area contributed by atoms with Crippen LogP contribution in [0.3, 0.4) is 0 Å². The molecule has 17 heavy (non-hydrogen) atoms. The van der Waals surface area contributed by atoms with Crippen molar-refractivity contribution in [2.75, 3.05) is 23.7 Å². The van der Waals surface area contributed by atoms with Gasteiger partial charge in [0.25, 0.3) is 0 Å². The normalized spacial score (nSPS) is 19.6. The van der Waals surface area contributed by atoms with Gasteiger partial charge in [-0.25, -0.2) is 4.79 Å². The summed E-state index contributed by atoms with van der Waals surface area (Å²) in [5, 5.41) is 9.03. The van der Waals surface area contributed by atoms with Gasteiger partial charge in [-0.1, -0.05) is 13.3 Å². The highest BCUT2D eigenvalue weighted by molar-refractivity contribution is 5.94. The summed E-state index contributed by atoms with van der Waals surface area (Å²) >= 11 is 0. The van der Waals surface area contributed by atoms with E-state index in [2.05, 4.69) is 11.8 Å². The Hall–Kier alpha value is -1.71. The van der Waals surface area contributed by atoms with Crippen LogP contribution in [0.4, 0.5) is 11.4 Å². The second-order valence-electron chi connectivity index (χ2n) is 4.59. The fraction of sp³-hybridized carbons (Fsp3) is 0.462. The lowest BCUT2D eigenvalue weighted by Gasteiger charge is -2.19. The number of nitrogens with two attached hydrogens (primary N) is 1. The summed E-state index contributed by atoms with van der Waals surface area (Å²) in [7, 11) is 0. The number of aromatic carboxylic acids is 1. The van der Waals surface area contributed by atoms with Crippen LogP contribution < -0.4 is 10.6 Å². The first-order valence-corrected chi connectivity index (χ1v) is 5.99. The molecule has 1 heterocycles. The molecule has 1 aliphatic heterocycles. The molecule has 0 amide bonds. The smallest absolute Gasteiger partial charge is 0.337 e. The van der Waals surface area contributed by atoms with Crippen molar-refractivity contribution in [1.82, 2.24) is 0 Å². The van der Waals surface area contributed by atoms with E-state index in [9.17, 15) is 4.79 Å². The highest BCUT2D eigenvalue weighted by Crippen LogP contribution is 2.27. The van der Waals surface area contributed by atoms with E-state index in [1.165, 1.54) is 12.8 Å². The lowest BCUT2D eigenvalue weighted by Crippen LogP contribution is -2.20. The summed E-state index contributed by atoms with van der Waals surface area (Å²) in [5.74, 6) is -0.239. The van der Waals surface area contributed by atoms with E-state index in [1.54, 1.807) is 12.1 Å². The largest absolute Gasteiger partial charge is 0.478 e. The van der Waals surface area contributed by atoms with E-state index in [-0.39, 0.29) is 5.56 Å². The molecule has 92 valence electrons. The maximum atomic E-state index is 11.0. The van der Waals surface area contributed by atoms with Crippen LogP contribution in [0.25, 0.3) is 0 Å². The zero-order valence-electron chi connectivity index (χ0n) is 10.0.